The third-order valence-corrected chi connectivity index (χ3v) is 4.20. The number of nitrogens with one attached hydrogen (secondary N) is 1. The Bertz CT molecular complexity index is 954. The molecule has 3 rings (SSSR count). The number of halogens is 1. The lowest BCUT2D eigenvalue weighted by atomic mass is 10.0. The Morgan fingerprint density at radius 2 is 1.88 bits per heavy atom. The Labute approximate surface area is 157 Å². The van der Waals surface area contributed by atoms with Gasteiger partial charge in [0.2, 0.25) is 0 Å². The molecule has 1 N–H and O–H groups in total. The number of hydrazone groups is 1. The highest BCUT2D eigenvalue weighted by molar-refractivity contribution is 6.33. The molecule has 0 radical (unpaired) electrons. The zero-order chi connectivity index (χ0) is 18.4. The van der Waals surface area contributed by atoms with Crippen molar-refractivity contribution in [2.75, 3.05) is 6.61 Å². The predicted octanol–water partition coefficient (Wildman–Crippen LogP) is 5.05. The summed E-state index contributed by atoms with van der Waals surface area (Å²) < 4.78 is 5.83. The second kappa shape index (κ2) is 8.50. The number of carbonyl (C=O) groups is 1. The minimum Gasteiger partial charge on any atom is -0.493 e. The van der Waals surface area contributed by atoms with Crippen molar-refractivity contribution < 1.29 is 9.53 Å². The van der Waals surface area contributed by atoms with Crippen molar-refractivity contribution in [2.45, 2.75) is 13.3 Å². The van der Waals surface area contributed by atoms with Crippen LogP contribution in [-0.4, -0.2) is 18.7 Å². The van der Waals surface area contributed by atoms with Crippen molar-refractivity contribution in [1.29, 1.82) is 0 Å². The van der Waals surface area contributed by atoms with Gasteiger partial charge in [0.15, 0.2) is 0 Å². The quantitative estimate of drug-likeness (QED) is 0.490. The number of nitrogens with zero attached hydrogens (tertiary/aromatic N) is 1. The molecular weight excluding hydrogens is 348 g/mol. The molecule has 5 heteroatoms. The van der Waals surface area contributed by atoms with Gasteiger partial charge in [0.25, 0.3) is 5.91 Å². The van der Waals surface area contributed by atoms with Crippen LogP contribution in [0.5, 0.6) is 5.75 Å². The smallest absolute Gasteiger partial charge is 0.272 e. The number of ether oxygens (including phenoxy) is 1. The minimum atomic E-state index is -0.358. The first-order chi connectivity index (χ1) is 12.7. The van der Waals surface area contributed by atoms with Crippen molar-refractivity contribution in [3.63, 3.8) is 0 Å². The van der Waals surface area contributed by atoms with Crippen LogP contribution >= 0.6 is 11.6 Å². The summed E-state index contributed by atoms with van der Waals surface area (Å²) in [5.74, 6) is 0.379. The molecule has 0 unspecified atom stereocenters. The van der Waals surface area contributed by atoms with E-state index in [2.05, 4.69) is 17.5 Å². The van der Waals surface area contributed by atoms with E-state index in [9.17, 15) is 4.79 Å². The lowest BCUT2D eigenvalue weighted by Gasteiger charge is -2.11. The summed E-state index contributed by atoms with van der Waals surface area (Å²) in [6.45, 7) is 2.67. The Morgan fingerprint density at radius 1 is 1.12 bits per heavy atom. The molecular formula is C21H19ClN2O2. The van der Waals surface area contributed by atoms with E-state index >= 15 is 0 Å². The van der Waals surface area contributed by atoms with Gasteiger partial charge in [0, 0.05) is 5.56 Å². The number of benzene rings is 3. The number of fused-ring (bicyclic) bond motifs is 1. The average Bonchev–Trinajstić information content (AvgIpc) is 2.67. The van der Waals surface area contributed by atoms with Gasteiger partial charge in [-0.15, -0.1) is 0 Å². The molecule has 0 heterocycles. The molecule has 0 aliphatic carbocycles. The van der Waals surface area contributed by atoms with Crippen LogP contribution in [0.4, 0.5) is 0 Å². The second-order valence-corrected chi connectivity index (χ2v) is 6.13. The van der Waals surface area contributed by atoms with E-state index in [-0.39, 0.29) is 5.91 Å². The summed E-state index contributed by atoms with van der Waals surface area (Å²) in [6.07, 6.45) is 2.52. The molecule has 0 saturated heterocycles. The van der Waals surface area contributed by atoms with Crippen LogP contribution in [0.2, 0.25) is 5.02 Å². The van der Waals surface area contributed by atoms with E-state index in [0.717, 1.165) is 28.5 Å². The topological polar surface area (TPSA) is 50.7 Å². The van der Waals surface area contributed by atoms with Crippen LogP contribution < -0.4 is 10.2 Å². The summed E-state index contributed by atoms with van der Waals surface area (Å²) in [5, 5.41) is 6.59. The van der Waals surface area contributed by atoms with Gasteiger partial charge in [-0.2, -0.15) is 5.10 Å². The van der Waals surface area contributed by atoms with Crippen LogP contribution in [0.1, 0.15) is 29.3 Å². The molecule has 0 aliphatic rings. The van der Waals surface area contributed by atoms with Gasteiger partial charge < -0.3 is 4.74 Å². The second-order valence-electron chi connectivity index (χ2n) is 5.73. The Morgan fingerprint density at radius 3 is 2.69 bits per heavy atom. The predicted molar refractivity (Wildman–Crippen MR) is 106 cm³/mol. The normalized spacial score (nSPS) is 11.0. The number of carbonyl (C=O) groups excluding carboxylic acids is 1. The highest BCUT2D eigenvalue weighted by Gasteiger charge is 2.09. The molecule has 3 aromatic carbocycles. The van der Waals surface area contributed by atoms with E-state index in [1.165, 1.54) is 0 Å². The third kappa shape index (κ3) is 4.03. The fourth-order valence-corrected chi connectivity index (χ4v) is 2.83. The first-order valence-corrected chi connectivity index (χ1v) is 8.81. The van der Waals surface area contributed by atoms with E-state index in [0.29, 0.717) is 17.2 Å². The fourth-order valence-electron chi connectivity index (χ4n) is 2.61. The van der Waals surface area contributed by atoms with Gasteiger partial charge in [-0.05, 0) is 35.4 Å². The maximum Gasteiger partial charge on any atom is 0.272 e. The number of hydrogen-bond donors (Lipinski definition) is 1. The largest absolute Gasteiger partial charge is 0.493 e. The SMILES string of the molecule is CCCOc1ccc2ccccc2c1/C=N\NC(=O)c1ccccc1Cl. The van der Waals surface area contributed by atoms with Crippen molar-refractivity contribution in [3.8, 4) is 5.75 Å². The molecule has 0 aliphatic heterocycles. The molecule has 132 valence electrons. The molecule has 4 nitrogen and oxygen atoms in total. The van der Waals surface area contributed by atoms with Gasteiger partial charge >= 0.3 is 0 Å². The van der Waals surface area contributed by atoms with E-state index in [1.54, 1.807) is 30.5 Å². The number of amides is 1. The highest BCUT2D eigenvalue weighted by Crippen LogP contribution is 2.26. The van der Waals surface area contributed by atoms with Crippen molar-refractivity contribution in [3.05, 3.63) is 76.8 Å². The molecule has 26 heavy (non-hydrogen) atoms. The first kappa shape index (κ1) is 18.0. The number of rotatable bonds is 6. The zero-order valence-electron chi connectivity index (χ0n) is 14.4. The van der Waals surface area contributed by atoms with Crippen LogP contribution in [0, 0.1) is 0 Å². The van der Waals surface area contributed by atoms with Crippen LogP contribution in [-0.2, 0) is 0 Å². The molecule has 1 amide bonds. The van der Waals surface area contributed by atoms with Crippen LogP contribution in [0.3, 0.4) is 0 Å². The van der Waals surface area contributed by atoms with Crippen molar-refractivity contribution >= 4 is 34.5 Å². The lowest BCUT2D eigenvalue weighted by molar-refractivity contribution is 0.0955. The van der Waals surface area contributed by atoms with Gasteiger partial charge in [0.1, 0.15) is 5.75 Å². The maximum atomic E-state index is 12.2. The van der Waals surface area contributed by atoms with E-state index in [4.69, 9.17) is 16.3 Å². The summed E-state index contributed by atoms with van der Waals surface area (Å²) >= 11 is 6.04. The fraction of sp³-hybridized carbons (Fsp3) is 0.143. The Kier molecular flexibility index (Phi) is 5.87. The van der Waals surface area contributed by atoms with Crippen LogP contribution in [0.15, 0.2) is 65.8 Å². The van der Waals surface area contributed by atoms with Crippen LogP contribution in [0.25, 0.3) is 10.8 Å². The van der Waals surface area contributed by atoms with E-state index < -0.39 is 0 Å². The molecule has 0 saturated carbocycles. The lowest BCUT2D eigenvalue weighted by Crippen LogP contribution is -2.18. The summed E-state index contributed by atoms with van der Waals surface area (Å²) in [4.78, 5) is 12.2. The van der Waals surface area contributed by atoms with Gasteiger partial charge in [-0.25, -0.2) is 5.43 Å². The minimum absolute atomic E-state index is 0.358. The summed E-state index contributed by atoms with van der Waals surface area (Å²) in [6, 6.07) is 18.8. The summed E-state index contributed by atoms with van der Waals surface area (Å²) in [5.41, 5.74) is 3.74. The molecule has 0 bridgehead atoms. The van der Waals surface area contributed by atoms with Gasteiger partial charge in [-0.1, -0.05) is 61.0 Å². The first-order valence-electron chi connectivity index (χ1n) is 8.43. The van der Waals surface area contributed by atoms with Gasteiger partial charge in [0.05, 0.1) is 23.4 Å². The van der Waals surface area contributed by atoms with Crippen molar-refractivity contribution in [1.82, 2.24) is 5.43 Å². The molecule has 0 fully saturated rings. The number of hydrogen-bond acceptors (Lipinski definition) is 3. The Hall–Kier alpha value is -2.85. The van der Waals surface area contributed by atoms with E-state index in [1.807, 2.05) is 36.4 Å². The molecule has 3 aromatic rings. The molecule has 0 atom stereocenters. The van der Waals surface area contributed by atoms with Gasteiger partial charge in [-0.3, -0.25) is 4.79 Å². The third-order valence-electron chi connectivity index (χ3n) is 3.87. The standard InChI is InChI=1S/C21H19ClN2O2/c1-2-13-26-20-12-11-15-7-3-4-8-16(15)18(20)14-23-24-21(25)17-9-5-6-10-19(17)22/h3-12,14H,2,13H2,1H3,(H,24,25)/b23-14-. The monoisotopic (exact) mass is 366 g/mol. The zero-order valence-corrected chi connectivity index (χ0v) is 15.2. The summed E-state index contributed by atoms with van der Waals surface area (Å²) in [7, 11) is 0. The Balaban J connectivity index is 1.88. The molecule has 0 aromatic heterocycles. The average molecular weight is 367 g/mol. The maximum absolute atomic E-state index is 12.2. The molecule has 0 spiro atoms. The van der Waals surface area contributed by atoms with Crippen molar-refractivity contribution in [2.24, 2.45) is 5.10 Å². The highest BCUT2D eigenvalue weighted by atomic mass is 35.5.